The molecule has 1 atom stereocenters. The van der Waals surface area contributed by atoms with E-state index in [1.807, 2.05) is 0 Å². The molecule has 0 spiro atoms. The molecule has 2 heterocycles. The Labute approximate surface area is 117 Å². The van der Waals surface area contributed by atoms with Crippen LogP contribution >= 0.6 is 0 Å². The van der Waals surface area contributed by atoms with E-state index in [4.69, 9.17) is 14.3 Å². The van der Waals surface area contributed by atoms with Crippen LogP contribution in [0.15, 0.2) is 21.6 Å². The van der Waals surface area contributed by atoms with Crippen LogP contribution in [0.25, 0.3) is 0 Å². The van der Waals surface area contributed by atoms with E-state index >= 15 is 0 Å². The molecule has 8 heteroatoms. The summed E-state index contributed by atoms with van der Waals surface area (Å²) in [5.74, 6) is -1.69. The standard InChI is InChI=1S/C12H17NO6S/c1-2-13(8-9-4-3-7-18-9)20(16,17)11-6-5-10(19-11)12(14)15/h5-6,9H,2-4,7-8H2,1H3,(H,14,15). The van der Waals surface area contributed by atoms with E-state index < -0.39 is 21.8 Å². The first-order chi connectivity index (χ1) is 9.45. The van der Waals surface area contributed by atoms with Gasteiger partial charge in [-0.05, 0) is 25.0 Å². The lowest BCUT2D eigenvalue weighted by Crippen LogP contribution is -2.37. The molecule has 1 aromatic heterocycles. The van der Waals surface area contributed by atoms with Crippen molar-refractivity contribution >= 4 is 16.0 Å². The van der Waals surface area contributed by atoms with Crippen LogP contribution in [0.2, 0.25) is 0 Å². The summed E-state index contributed by atoms with van der Waals surface area (Å²) < 4.78 is 36.3. The number of likely N-dealkylation sites (N-methyl/N-ethyl adjacent to an activating group) is 1. The number of rotatable bonds is 6. The average Bonchev–Trinajstić information content (AvgIpc) is 3.06. The van der Waals surface area contributed by atoms with Gasteiger partial charge in [0.1, 0.15) is 0 Å². The molecule has 112 valence electrons. The molecule has 1 unspecified atom stereocenters. The van der Waals surface area contributed by atoms with E-state index in [1.54, 1.807) is 6.92 Å². The predicted molar refractivity (Wildman–Crippen MR) is 69.1 cm³/mol. The van der Waals surface area contributed by atoms with Gasteiger partial charge in [0.05, 0.1) is 6.10 Å². The van der Waals surface area contributed by atoms with E-state index in [0.717, 1.165) is 25.0 Å². The topological polar surface area (TPSA) is 97.0 Å². The fraction of sp³-hybridized carbons (Fsp3) is 0.583. The molecular weight excluding hydrogens is 286 g/mol. The van der Waals surface area contributed by atoms with Crippen molar-refractivity contribution in [1.29, 1.82) is 0 Å². The lowest BCUT2D eigenvalue weighted by atomic mass is 10.2. The fourth-order valence-corrected chi connectivity index (χ4v) is 3.51. The van der Waals surface area contributed by atoms with E-state index in [0.29, 0.717) is 6.61 Å². The van der Waals surface area contributed by atoms with Gasteiger partial charge in [0, 0.05) is 19.7 Å². The van der Waals surface area contributed by atoms with Gasteiger partial charge < -0.3 is 14.3 Å². The summed E-state index contributed by atoms with van der Waals surface area (Å²) in [5.41, 5.74) is 0. The number of sulfonamides is 1. The third-order valence-corrected chi connectivity index (χ3v) is 4.99. The lowest BCUT2D eigenvalue weighted by molar-refractivity contribution is 0.0655. The second kappa shape index (κ2) is 5.94. The third-order valence-electron chi connectivity index (χ3n) is 3.17. The van der Waals surface area contributed by atoms with Gasteiger partial charge in [-0.3, -0.25) is 0 Å². The van der Waals surface area contributed by atoms with Gasteiger partial charge >= 0.3 is 5.97 Å². The number of nitrogens with zero attached hydrogens (tertiary/aromatic N) is 1. The van der Waals surface area contributed by atoms with Crippen molar-refractivity contribution in [2.45, 2.75) is 31.0 Å². The summed E-state index contributed by atoms with van der Waals surface area (Å²) in [6.07, 6.45) is 1.63. The zero-order valence-corrected chi connectivity index (χ0v) is 11.9. The zero-order valence-electron chi connectivity index (χ0n) is 11.1. The van der Waals surface area contributed by atoms with Crippen LogP contribution in [0.1, 0.15) is 30.3 Å². The maximum atomic E-state index is 12.4. The summed E-state index contributed by atoms with van der Waals surface area (Å²) in [5, 5.41) is 8.42. The highest BCUT2D eigenvalue weighted by Crippen LogP contribution is 2.21. The summed E-state index contributed by atoms with van der Waals surface area (Å²) in [6.45, 7) is 2.88. The van der Waals surface area contributed by atoms with E-state index in [-0.39, 0.29) is 24.3 Å². The van der Waals surface area contributed by atoms with E-state index in [1.165, 1.54) is 4.31 Å². The zero-order chi connectivity index (χ0) is 14.8. The second-order valence-corrected chi connectivity index (χ2v) is 6.38. The number of carbonyl (C=O) groups is 1. The van der Waals surface area contributed by atoms with Gasteiger partial charge in [-0.1, -0.05) is 6.92 Å². The number of hydrogen-bond acceptors (Lipinski definition) is 5. The Balaban J connectivity index is 2.18. The molecular formula is C12H17NO6S. The second-order valence-electron chi connectivity index (χ2n) is 4.51. The molecule has 0 aromatic carbocycles. The van der Waals surface area contributed by atoms with Crippen molar-refractivity contribution in [2.24, 2.45) is 0 Å². The van der Waals surface area contributed by atoms with Crippen molar-refractivity contribution in [1.82, 2.24) is 4.31 Å². The highest BCUT2D eigenvalue weighted by molar-refractivity contribution is 7.89. The molecule has 0 radical (unpaired) electrons. The van der Waals surface area contributed by atoms with Crippen LogP contribution < -0.4 is 0 Å². The molecule has 1 N–H and O–H groups in total. The summed E-state index contributed by atoms with van der Waals surface area (Å²) in [4.78, 5) is 10.7. The monoisotopic (exact) mass is 303 g/mol. The predicted octanol–water partition coefficient (Wildman–Crippen LogP) is 1.17. The molecule has 2 rings (SSSR count). The van der Waals surface area contributed by atoms with Crippen LogP contribution in [-0.4, -0.2) is 49.6 Å². The van der Waals surface area contributed by atoms with Crippen LogP contribution in [-0.2, 0) is 14.8 Å². The maximum Gasteiger partial charge on any atom is 0.371 e. The molecule has 0 amide bonds. The summed E-state index contributed by atoms with van der Waals surface area (Å²) in [6, 6.07) is 2.30. The van der Waals surface area contributed by atoms with Crippen molar-refractivity contribution in [3.63, 3.8) is 0 Å². The Morgan fingerprint density at radius 1 is 1.50 bits per heavy atom. The Hall–Kier alpha value is -1.38. The van der Waals surface area contributed by atoms with Gasteiger partial charge in [-0.25, -0.2) is 13.2 Å². The third kappa shape index (κ3) is 3.02. The number of hydrogen-bond donors (Lipinski definition) is 1. The fourth-order valence-electron chi connectivity index (χ4n) is 2.11. The molecule has 1 aromatic rings. The minimum absolute atomic E-state index is 0.112. The minimum atomic E-state index is -3.83. The van der Waals surface area contributed by atoms with Crippen LogP contribution in [0.5, 0.6) is 0 Å². The van der Waals surface area contributed by atoms with Gasteiger partial charge in [-0.15, -0.1) is 0 Å². The van der Waals surface area contributed by atoms with Crippen molar-refractivity contribution < 1.29 is 27.5 Å². The van der Waals surface area contributed by atoms with Gasteiger partial charge in [0.2, 0.25) is 10.9 Å². The molecule has 0 saturated carbocycles. The first-order valence-corrected chi connectivity index (χ1v) is 7.84. The first kappa shape index (κ1) is 15.0. The molecule has 1 aliphatic rings. The quantitative estimate of drug-likeness (QED) is 0.847. The van der Waals surface area contributed by atoms with Crippen molar-refractivity contribution in [3.8, 4) is 0 Å². The van der Waals surface area contributed by atoms with E-state index in [9.17, 15) is 13.2 Å². The van der Waals surface area contributed by atoms with Gasteiger partial charge in [0.15, 0.2) is 0 Å². The summed E-state index contributed by atoms with van der Waals surface area (Å²) >= 11 is 0. The first-order valence-electron chi connectivity index (χ1n) is 6.40. The Kier molecular flexibility index (Phi) is 4.46. The minimum Gasteiger partial charge on any atom is -0.475 e. The molecule has 0 aliphatic carbocycles. The summed E-state index contributed by atoms with van der Waals surface area (Å²) in [7, 11) is -3.83. The molecule has 20 heavy (non-hydrogen) atoms. The van der Waals surface area contributed by atoms with Gasteiger partial charge in [-0.2, -0.15) is 4.31 Å². The number of carboxylic acid groups (broad SMARTS) is 1. The number of aromatic carboxylic acids is 1. The van der Waals surface area contributed by atoms with E-state index in [2.05, 4.69) is 0 Å². The molecule has 1 fully saturated rings. The van der Waals surface area contributed by atoms with Crippen molar-refractivity contribution in [3.05, 3.63) is 17.9 Å². The smallest absolute Gasteiger partial charge is 0.371 e. The largest absolute Gasteiger partial charge is 0.475 e. The SMILES string of the molecule is CCN(CC1CCCO1)S(=O)(=O)c1ccc(C(=O)O)o1. The lowest BCUT2D eigenvalue weighted by Gasteiger charge is -2.22. The molecule has 0 bridgehead atoms. The normalized spacial score (nSPS) is 19.6. The molecule has 1 saturated heterocycles. The van der Waals surface area contributed by atoms with Crippen LogP contribution in [0, 0.1) is 0 Å². The Bertz CT molecular complexity index is 573. The average molecular weight is 303 g/mol. The highest BCUT2D eigenvalue weighted by atomic mass is 32.2. The molecule has 7 nitrogen and oxygen atoms in total. The number of furan rings is 1. The number of carboxylic acids is 1. The maximum absolute atomic E-state index is 12.4. The molecule has 1 aliphatic heterocycles. The highest BCUT2D eigenvalue weighted by Gasteiger charge is 2.30. The van der Waals surface area contributed by atoms with Crippen LogP contribution in [0.3, 0.4) is 0 Å². The number of ether oxygens (including phenoxy) is 1. The van der Waals surface area contributed by atoms with Crippen molar-refractivity contribution in [2.75, 3.05) is 19.7 Å². The Morgan fingerprint density at radius 3 is 2.75 bits per heavy atom. The van der Waals surface area contributed by atoms with Crippen LogP contribution in [0.4, 0.5) is 0 Å². The Morgan fingerprint density at radius 2 is 2.25 bits per heavy atom. The van der Waals surface area contributed by atoms with Gasteiger partial charge in [0.25, 0.3) is 10.0 Å².